The molecule has 0 heteroatoms. The Morgan fingerprint density at radius 1 is 0.765 bits per heavy atom. The van der Waals surface area contributed by atoms with Crippen molar-refractivity contribution in [2.24, 2.45) is 0 Å². The summed E-state index contributed by atoms with van der Waals surface area (Å²) in [6.07, 6.45) is 0. The summed E-state index contributed by atoms with van der Waals surface area (Å²) in [6.45, 7) is 18.4. The van der Waals surface area contributed by atoms with Crippen LogP contribution in [-0.2, 0) is 10.8 Å². The lowest BCUT2D eigenvalue weighted by Crippen LogP contribution is -2.21. The summed E-state index contributed by atoms with van der Waals surface area (Å²) in [5, 5.41) is 0. The van der Waals surface area contributed by atoms with Crippen molar-refractivity contribution in [2.45, 2.75) is 72.1 Å². The van der Waals surface area contributed by atoms with Gasteiger partial charge in [-0.1, -0.05) is 73.6 Å². The van der Waals surface area contributed by atoms with Crippen LogP contribution < -0.4 is 0 Å². The summed E-state index contributed by atoms with van der Waals surface area (Å²) < 4.78 is 0. The minimum Gasteiger partial charge on any atom is -0.0617 e. The summed E-state index contributed by atoms with van der Waals surface area (Å²) in [4.78, 5) is 0. The van der Waals surface area contributed by atoms with E-state index in [0.717, 1.165) is 0 Å². The first-order valence-electron chi connectivity index (χ1n) is 6.69. The second-order valence-corrected chi connectivity index (χ2v) is 7.42. The van der Waals surface area contributed by atoms with E-state index in [2.05, 4.69) is 73.6 Å². The molecule has 0 amide bonds. The first-order valence-corrected chi connectivity index (χ1v) is 6.69. The fourth-order valence-electron chi connectivity index (χ4n) is 2.50. The van der Waals surface area contributed by atoms with Gasteiger partial charge in [-0.05, 0) is 33.4 Å². The van der Waals surface area contributed by atoms with E-state index in [1.54, 1.807) is 5.56 Å². The molecule has 1 aromatic rings. The molecule has 0 aliphatic rings. The van der Waals surface area contributed by atoms with Crippen LogP contribution in [0.5, 0.6) is 0 Å². The van der Waals surface area contributed by atoms with Crippen LogP contribution in [0.25, 0.3) is 0 Å². The summed E-state index contributed by atoms with van der Waals surface area (Å²) in [5.41, 5.74) is 4.99. The van der Waals surface area contributed by atoms with Crippen LogP contribution in [0.3, 0.4) is 0 Å². The highest BCUT2D eigenvalue weighted by molar-refractivity contribution is 5.44. The van der Waals surface area contributed by atoms with Gasteiger partial charge in [0.1, 0.15) is 0 Å². The van der Waals surface area contributed by atoms with E-state index in [4.69, 9.17) is 0 Å². The third-order valence-corrected chi connectivity index (χ3v) is 3.30. The van der Waals surface area contributed by atoms with E-state index in [-0.39, 0.29) is 10.8 Å². The van der Waals surface area contributed by atoms with Crippen molar-refractivity contribution in [2.75, 3.05) is 0 Å². The highest BCUT2D eigenvalue weighted by Gasteiger charge is 2.26. The summed E-state index contributed by atoms with van der Waals surface area (Å²) >= 11 is 0. The normalized spacial score (nSPS) is 13.2. The lowest BCUT2D eigenvalue weighted by atomic mass is 9.73. The average molecular weight is 232 g/mol. The SMILES string of the molecule is CC(C)c1c(C(C)(C)C)cccc1C(C)(C)C. The minimum absolute atomic E-state index is 0.223. The van der Waals surface area contributed by atoms with E-state index in [0.29, 0.717) is 5.92 Å². The van der Waals surface area contributed by atoms with E-state index in [1.165, 1.54) is 11.1 Å². The van der Waals surface area contributed by atoms with Crippen molar-refractivity contribution in [3.05, 3.63) is 34.9 Å². The van der Waals surface area contributed by atoms with Crippen LogP contribution in [0.1, 0.15) is 78.0 Å². The average Bonchev–Trinajstić information content (AvgIpc) is 2.13. The third kappa shape index (κ3) is 3.12. The van der Waals surface area contributed by atoms with Crippen LogP contribution in [0.2, 0.25) is 0 Å². The molecule has 0 nitrogen and oxygen atoms in total. The molecule has 0 N–H and O–H groups in total. The molecule has 0 aromatic heterocycles. The maximum Gasteiger partial charge on any atom is -0.0129 e. The fourth-order valence-corrected chi connectivity index (χ4v) is 2.50. The number of hydrogen-bond acceptors (Lipinski definition) is 0. The maximum atomic E-state index is 2.31. The Morgan fingerprint density at radius 3 is 1.35 bits per heavy atom. The van der Waals surface area contributed by atoms with Gasteiger partial charge in [-0.2, -0.15) is 0 Å². The van der Waals surface area contributed by atoms with Crippen molar-refractivity contribution < 1.29 is 0 Å². The molecule has 0 spiro atoms. The summed E-state index contributed by atoms with van der Waals surface area (Å²) in [7, 11) is 0. The molecule has 0 saturated carbocycles. The molecule has 17 heavy (non-hydrogen) atoms. The topological polar surface area (TPSA) is 0 Å². The maximum absolute atomic E-state index is 2.31. The molecular weight excluding hydrogens is 204 g/mol. The largest absolute Gasteiger partial charge is 0.0617 e. The van der Waals surface area contributed by atoms with Gasteiger partial charge in [-0.15, -0.1) is 0 Å². The second-order valence-electron chi connectivity index (χ2n) is 7.42. The van der Waals surface area contributed by atoms with E-state index < -0.39 is 0 Å². The standard InChI is InChI=1S/C17H28/c1-12(2)15-13(16(3,4)5)10-9-11-14(15)17(6,7)8/h9-12H,1-8H3. The Morgan fingerprint density at radius 2 is 1.12 bits per heavy atom. The second kappa shape index (κ2) is 4.48. The third-order valence-electron chi connectivity index (χ3n) is 3.30. The van der Waals surface area contributed by atoms with E-state index >= 15 is 0 Å². The molecule has 1 rings (SSSR count). The van der Waals surface area contributed by atoms with Crippen molar-refractivity contribution >= 4 is 0 Å². The molecule has 0 heterocycles. The van der Waals surface area contributed by atoms with Gasteiger partial charge < -0.3 is 0 Å². The Bertz CT molecular complexity index is 351. The zero-order chi connectivity index (χ0) is 13.4. The minimum atomic E-state index is 0.223. The van der Waals surface area contributed by atoms with Gasteiger partial charge >= 0.3 is 0 Å². The Kier molecular flexibility index (Phi) is 3.76. The van der Waals surface area contributed by atoms with Crippen molar-refractivity contribution in [3.63, 3.8) is 0 Å². The molecule has 0 bridgehead atoms. The number of hydrogen-bond donors (Lipinski definition) is 0. The molecule has 0 aliphatic carbocycles. The first-order chi connectivity index (χ1) is 7.55. The Labute approximate surface area is 107 Å². The van der Waals surface area contributed by atoms with Gasteiger partial charge in [0, 0.05) is 0 Å². The molecule has 0 aliphatic heterocycles. The summed E-state index contributed by atoms with van der Waals surface area (Å²) in [6, 6.07) is 6.81. The van der Waals surface area contributed by atoms with Crippen LogP contribution in [0, 0.1) is 0 Å². The van der Waals surface area contributed by atoms with Crippen molar-refractivity contribution in [1.29, 1.82) is 0 Å². The van der Waals surface area contributed by atoms with Crippen molar-refractivity contribution in [1.82, 2.24) is 0 Å². The van der Waals surface area contributed by atoms with Crippen LogP contribution in [-0.4, -0.2) is 0 Å². The predicted octanol–water partition coefficient (Wildman–Crippen LogP) is 5.41. The van der Waals surface area contributed by atoms with Gasteiger partial charge in [0.2, 0.25) is 0 Å². The summed E-state index contributed by atoms with van der Waals surface area (Å²) in [5.74, 6) is 0.583. The van der Waals surface area contributed by atoms with Crippen LogP contribution in [0.4, 0.5) is 0 Å². The molecule has 0 unspecified atom stereocenters. The van der Waals surface area contributed by atoms with Gasteiger partial charge in [0.15, 0.2) is 0 Å². The Hall–Kier alpha value is -0.780. The quantitative estimate of drug-likeness (QED) is 0.607. The first kappa shape index (κ1) is 14.3. The molecule has 0 saturated heterocycles. The van der Waals surface area contributed by atoms with Gasteiger partial charge in [-0.25, -0.2) is 0 Å². The van der Waals surface area contributed by atoms with Crippen molar-refractivity contribution in [3.8, 4) is 0 Å². The predicted molar refractivity (Wildman–Crippen MR) is 77.9 cm³/mol. The highest BCUT2D eigenvalue weighted by atomic mass is 14.3. The number of benzene rings is 1. The van der Waals surface area contributed by atoms with Crippen LogP contribution >= 0.6 is 0 Å². The van der Waals surface area contributed by atoms with Gasteiger partial charge in [-0.3, -0.25) is 0 Å². The van der Waals surface area contributed by atoms with Gasteiger partial charge in [0.05, 0.1) is 0 Å². The van der Waals surface area contributed by atoms with E-state index in [1.807, 2.05) is 0 Å². The fraction of sp³-hybridized carbons (Fsp3) is 0.647. The smallest absolute Gasteiger partial charge is 0.0129 e. The Balaban J connectivity index is 3.55. The monoisotopic (exact) mass is 232 g/mol. The van der Waals surface area contributed by atoms with Gasteiger partial charge in [0.25, 0.3) is 0 Å². The molecule has 0 atom stereocenters. The lowest BCUT2D eigenvalue weighted by molar-refractivity contribution is 0.547. The lowest BCUT2D eigenvalue weighted by Gasteiger charge is -2.31. The molecule has 0 fully saturated rings. The highest BCUT2D eigenvalue weighted by Crippen LogP contribution is 2.37. The molecule has 1 aromatic carbocycles. The number of rotatable bonds is 1. The van der Waals surface area contributed by atoms with E-state index in [9.17, 15) is 0 Å². The molecular formula is C17H28. The zero-order valence-corrected chi connectivity index (χ0v) is 12.8. The zero-order valence-electron chi connectivity index (χ0n) is 12.8. The van der Waals surface area contributed by atoms with Crippen LogP contribution in [0.15, 0.2) is 18.2 Å². The molecule has 96 valence electrons. The molecule has 0 radical (unpaired) electrons.